The number of hydrogen-bond donors (Lipinski definition) is 1. The molecule has 0 saturated heterocycles. The Kier molecular flexibility index (Phi) is 5.61. The predicted octanol–water partition coefficient (Wildman–Crippen LogP) is 2.81. The van der Waals surface area contributed by atoms with E-state index >= 15 is 0 Å². The Morgan fingerprint density at radius 1 is 1.28 bits per heavy atom. The van der Waals surface area contributed by atoms with Gasteiger partial charge in [0.05, 0.1) is 12.3 Å². The number of carbonyl (C=O) groups is 1. The molecule has 130 valence electrons. The van der Waals surface area contributed by atoms with Crippen LogP contribution in [0.2, 0.25) is 0 Å². The first kappa shape index (κ1) is 17.0. The van der Waals surface area contributed by atoms with Gasteiger partial charge in [-0.1, -0.05) is 35.5 Å². The van der Waals surface area contributed by atoms with Crippen LogP contribution in [0.4, 0.5) is 4.79 Å². The number of amides is 2. The van der Waals surface area contributed by atoms with Gasteiger partial charge in [-0.25, -0.2) is 4.79 Å². The van der Waals surface area contributed by atoms with Crippen LogP contribution in [-0.2, 0) is 11.4 Å². The van der Waals surface area contributed by atoms with E-state index in [1.54, 1.807) is 17.3 Å². The Balaban J connectivity index is 1.64. The van der Waals surface area contributed by atoms with E-state index < -0.39 is 0 Å². The Morgan fingerprint density at radius 3 is 2.84 bits per heavy atom. The third-order valence-corrected chi connectivity index (χ3v) is 3.98. The monoisotopic (exact) mass is 338 g/mol. The second-order valence-electron chi connectivity index (χ2n) is 5.91. The van der Waals surface area contributed by atoms with Crippen LogP contribution in [-0.4, -0.2) is 40.8 Å². The molecule has 3 rings (SSSR count). The molecule has 25 heavy (non-hydrogen) atoms. The summed E-state index contributed by atoms with van der Waals surface area (Å²) in [6, 6.07) is 13.7. The smallest absolute Gasteiger partial charge is 0.317 e. The largest absolute Gasteiger partial charge is 0.390 e. The highest BCUT2D eigenvalue weighted by atomic mass is 16.6. The van der Waals surface area contributed by atoms with Gasteiger partial charge in [-0.3, -0.25) is 4.98 Å². The van der Waals surface area contributed by atoms with Crippen LogP contribution in [0.15, 0.2) is 60.0 Å². The van der Waals surface area contributed by atoms with Gasteiger partial charge in [0, 0.05) is 37.5 Å². The summed E-state index contributed by atoms with van der Waals surface area (Å²) in [5, 5.41) is 7.04. The van der Waals surface area contributed by atoms with Crippen LogP contribution >= 0.6 is 0 Å². The molecule has 0 radical (unpaired) electrons. The van der Waals surface area contributed by atoms with Gasteiger partial charge in [0.2, 0.25) is 0 Å². The van der Waals surface area contributed by atoms with Gasteiger partial charge in [-0.05, 0) is 24.6 Å². The lowest BCUT2D eigenvalue weighted by molar-refractivity contribution is 0.0590. The summed E-state index contributed by atoms with van der Waals surface area (Å²) in [6.45, 7) is 3.52. The fourth-order valence-corrected chi connectivity index (χ4v) is 2.76. The van der Waals surface area contributed by atoms with E-state index in [9.17, 15) is 4.79 Å². The lowest BCUT2D eigenvalue weighted by Crippen LogP contribution is -2.43. The highest BCUT2D eigenvalue weighted by molar-refractivity contribution is 6.01. The molecule has 1 aliphatic rings. The number of nitrogens with zero attached hydrogens (tertiary/aromatic N) is 3. The van der Waals surface area contributed by atoms with Gasteiger partial charge < -0.3 is 15.1 Å². The molecule has 0 fully saturated rings. The standard InChI is InChI=1S/C19H22N4O2/c1-2-21-19(24)23(13-15-7-4-3-5-8-15)14-17-11-18(22-25-17)16-9-6-10-20-12-16/h3-10,12,17H,2,11,13-14H2,1H3,(H,21,24)/t17-/m1/s1. The molecule has 0 spiro atoms. The number of nitrogens with one attached hydrogen (secondary N) is 1. The normalized spacial score (nSPS) is 16.0. The molecule has 1 aromatic heterocycles. The first-order valence-corrected chi connectivity index (χ1v) is 8.46. The molecule has 1 aliphatic heterocycles. The molecule has 6 nitrogen and oxygen atoms in total. The van der Waals surface area contributed by atoms with Crippen LogP contribution in [0.25, 0.3) is 0 Å². The Bertz CT molecular complexity index is 719. The molecule has 2 heterocycles. The number of rotatable bonds is 6. The molecule has 2 aromatic rings. The molecule has 1 atom stereocenters. The lowest BCUT2D eigenvalue weighted by Gasteiger charge is -2.25. The zero-order chi connectivity index (χ0) is 17.5. The van der Waals surface area contributed by atoms with Crippen molar-refractivity contribution in [2.24, 2.45) is 5.16 Å². The molecular formula is C19H22N4O2. The Hall–Kier alpha value is -2.89. The van der Waals surface area contributed by atoms with Crippen molar-refractivity contribution in [3.8, 4) is 0 Å². The van der Waals surface area contributed by atoms with Crippen LogP contribution in [0, 0.1) is 0 Å². The quantitative estimate of drug-likeness (QED) is 0.881. The van der Waals surface area contributed by atoms with Gasteiger partial charge >= 0.3 is 6.03 Å². The molecule has 0 unspecified atom stereocenters. The van der Waals surface area contributed by atoms with Crippen molar-refractivity contribution in [2.45, 2.75) is 26.0 Å². The van der Waals surface area contributed by atoms with Crippen molar-refractivity contribution >= 4 is 11.7 Å². The maximum atomic E-state index is 12.4. The van der Waals surface area contributed by atoms with Crippen molar-refractivity contribution in [1.29, 1.82) is 0 Å². The van der Waals surface area contributed by atoms with Gasteiger partial charge in [-0.2, -0.15) is 0 Å². The maximum Gasteiger partial charge on any atom is 0.317 e. The lowest BCUT2D eigenvalue weighted by atomic mass is 10.1. The average Bonchev–Trinajstić information content (AvgIpc) is 3.12. The molecule has 2 amide bonds. The number of benzene rings is 1. The fourth-order valence-electron chi connectivity index (χ4n) is 2.76. The van der Waals surface area contributed by atoms with Crippen molar-refractivity contribution in [3.05, 3.63) is 66.0 Å². The second-order valence-corrected chi connectivity index (χ2v) is 5.91. The van der Waals surface area contributed by atoms with E-state index in [0.717, 1.165) is 16.8 Å². The van der Waals surface area contributed by atoms with Crippen molar-refractivity contribution in [3.63, 3.8) is 0 Å². The number of aromatic nitrogens is 1. The molecule has 1 N–H and O–H groups in total. The SMILES string of the molecule is CCNC(=O)N(Cc1ccccc1)C[C@H]1CC(c2cccnc2)=NO1. The third-order valence-electron chi connectivity index (χ3n) is 3.98. The third kappa shape index (κ3) is 4.56. The van der Waals surface area contributed by atoms with E-state index in [1.807, 2.05) is 49.4 Å². The van der Waals surface area contributed by atoms with Crippen LogP contribution in [0.3, 0.4) is 0 Å². The molecule has 0 aliphatic carbocycles. The number of urea groups is 1. The summed E-state index contributed by atoms with van der Waals surface area (Å²) in [7, 11) is 0. The molecule has 0 saturated carbocycles. The zero-order valence-electron chi connectivity index (χ0n) is 14.3. The van der Waals surface area contributed by atoms with Crippen molar-refractivity contribution in [2.75, 3.05) is 13.1 Å². The molecular weight excluding hydrogens is 316 g/mol. The average molecular weight is 338 g/mol. The van der Waals surface area contributed by atoms with Crippen molar-refractivity contribution in [1.82, 2.24) is 15.2 Å². The van der Waals surface area contributed by atoms with Crippen LogP contribution in [0.5, 0.6) is 0 Å². The summed E-state index contributed by atoms with van der Waals surface area (Å²) < 4.78 is 0. The van der Waals surface area contributed by atoms with Crippen LogP contribution in [0.1, 0.15) is 24.5 Å². The highest BCUT2D eigenvalue weighted by Crippen LogP contribution is 2.18. The number of pyridine rings is 1. The predicted molar refractivity (Wildman–Crippen MR) is 96.2 cm³/mol. The van der Waals surface area contributed by atoms with E-state index in [0.29, 0.717) is 26.1 Å². The molecule has 1 aromatic carbocycles. The minimum Gasteiger partial charge on any atom is -0.390 e. The van der Waals surface area contributed by atoms with E-state index in [-0.39, 0.29) is 12.1 Å². The topological polar surface area (TPSA) is 66.8 Å². The summed E-state index contributed by atoms with van der Waals surface area (Å²) >= 11 is 0. The Morgan fingerprint density at radius 2 is 2.12 bits per heavy atom. The maximum absolute atomic E-state index is 12.4. The summed E-state index contributed by atoms with van der Waals surface area (Å²) in [5.41, 5.74) is 2.91. The summed E-state index contributed by atoms with van der Waals surface area (Å²) in [5.74, 6) is 0. The zero-order valence-corrected chi connectivity index (χ0v) is 14.3. The van der Waals surface area contributed by atoms with Gasteiger partial charge in [0.15, 0.2) is 6.10 Å². The van der Waals surface area contributed by atoms with E-state index in [2.05, 4.69) is 15.5 Å². The van der Waals surface area contributed by atoms with Gasteiger partial charge in [-0.15, -0.1) is 0 Å². The fraction of sp³-hybridized carbons (Fsp3) is 0.316. The Labute approximate surface area is 147 Å². The first-order chi connectivity index (χ1) is 12.3. The minimum atomic E-state index is -0.151. The van der Waals surface area contributed by atoms with Gasteiger partial charge in [0.1, 0.15) is 0 Å². The highest BCUT2D eigenvalue weighted by Gasteiger charge is 2.26. The van der Waals surface area contributed by atoms with Gasteiger partial charge in [0.25, 0.3) is 0 Å². The number of hydrogen-bond acceptors (Lipinski definition) is 4. The summed E-state index contributed by atoms with van der Waals surface area (Å²) in [6.07, 6.45) is 4.02. The minimum absolute atomic E-state index is 0.0928. The number of carbonyl (C=O) groups excluding carboxylic acids is 1. The van der Waals surface area contributed by atoms with Crippen LogP contribution < -0.4 is 5.32 Å². The molecule has 0 bridgehead atoms. The van der Waals surface area contributed by atoms with E-state index in [1.165, 1.54) is 0 Å². The summed E-state index contributed by atoms with van der Waals surface area (Å²) in [4.78, 5) is 23.8. The number of oxime groups is 1. The van der Waals surface area contributed by atoms with Crippen molar-refractivity contribution < 1.29 is 9.63 Å². The molecule has 6 heteroatoms. The second kappa shape index (κ2) is 8.28. The van der Waals surface area contributed by atoms with E-state index in [4.69, 9.17) is 4.84 Å². The first-order valence-electron chi connectivity index (χ1n) is 8.46.